The molecule has 0 aromatic heterocycles. The Kier molecular flexibility index (Phi) is 6.27. The van der Waals surface area contributed by atoms with Crippen molar-refractivity contribution >= 4 is 23.4 Å². The van der Waals surface area contributed by atoms with Gasteiger partial charge >= 0.3 is 0 Å². The van der Waals surface area contributed by atoms with Gasteiger partial charge in [0, 0.05) is 23.5 Å². The number of nitriles is 1. The molecule has 4 nitrogen and oxygen atoms in total. The van der Waals surface area contributed by atoms with Crippen LogP contribution in [0.4, 0.5) is 11.4 Å². The molecule has 4 heteroatoms. The Morgan fingerprint density at radius 2 is 1.90 bits per heavy atom. The molecule has 1 amide bonds. The number of rotatable bonds is 4. The molecule has 0 saturated heterocycles. The predicted molar refractivity (Wildman–Crippen MR) is 129 cm³/mol. The zero-order valence-electron chi connectivity index (χ0n) is 19.8. The molecule has 1 aliphatic heterocycles. The first-order chi connectivity index (χ1) is 14.6. The molecule has 0 aliphatic carbocycles. The average molecular weight is 416 g/mol. The molecule has 1 atom stereocenters. The Bertz CT molecular complexity index is 1090. The van der Waals surface area contributed by atoms with Crippen LogP contribution in [0, 0.1) is 32.1 Å². The quantitative estimate of drug-likeness (QED) is 0.473. The maximum absolute atomic E-state index is 12.8. The van der Waals surface area contributed by atoms with E-state index in [1.54, 1.807) is 6.08 Å². The lowest BCUT2D eigenvalue weighted by atomic mass is 9.79. The Labute approximate surface area is 186 Å². The summed E-state index contributed by atoms with van der Waals surface area (Å²) in [4.78, 5) is 15.2. The van der Waals surface area contributed by atoms with Crippen LogP contribution in [-0.2, 0) is 4.79 Å². The van der Waals surface area contributed by atoms with Gasteiger partial charge in [-0.05, 0) is 112 Å². The van der Waals surface area contributed by atoms with Crippen molar-refractivity contribution in [1.29, 1.82) is 5.26 Å². The zero-order chi connectivity index (χ0) is 22.9. The van der Waals surface area contributed by atoms with Gasteiger partial charge in [0.25, 0.3) is 5.91 Å². The summed E-state index contributed by atoms with van der Waals surface area (Å²) in [6.45, 7) is 16.1. The summed E-state index contributed by atoms with van der Waals surface area (Å²) in [5.41, 5.74) is 7.71. The lowest BCUT2D eigenvalue weighted by Gasteiger charge is -2.47. The van der Waals surface area contributed by atoms with E-state index >= 15 is 0 Å². The van der Waals surface area contributed by atoms with Gasteiger partial charge in [-0.1, -0.05) is 13.0 Å². The SMILES string of the molecule is CCN1c2cc(C)c(/C=C(/C#N)C(=O)Nc3ccc(C)c(C)c3)cc2[C@H](C)CC1(C)C. The van der Waals surface area contributed by atoms with Gasteiger partial charge in [0.05, 0.1) is 0 Å². The number of carbonyl (C=O) groups excluding carboxylic acids is 1. The summed E-state index contributed by atoms with van der Waals surface area (Å²) in [5, 5.41) is 12.5. The minimum atomic E-state index is -0.382. The van der Waals surface area contributed by atoms with Crippen LogP contribution in [0.3, 0.4) is 0 Å². The smallest absolute Gasteiger partial charge is 0.266 e. The van der Waals surface area contributed by atoms with Crippen molar-refractivity contribution in [2.75, 3.05) is 16.8 Å². The molecule has 0 fully saturated rings. The van der Waals surface area contributed by atoms with Gasteiger partial charge < -0.3 is 10.2 Å². The second-order valence-corrected chi connectivity index (χ2v) is 9.35. The summed E-state index contributed by atoms with van der Waals surface area (Å²) in [5.74, 6) is 0.0303. The molecule has 2 aromatic carbocycles. The number of carbonyl (C=O) groups is 1. The van der Waals surface area contributed by atoms with Gasteiger partial charge in [0.2, 0.25) is 0 Å². The minimum absolute atomic E-state index is 0.106. The fraction of sp³-hybridized carbons (Fsp3) is 0.407. The van der Waals surface area contributed by atoms with Crippen molar-refractivity contribution in [3.05, 3.63) is 63.7 Å². The molecule has 0 saturated carbocycles. The molecule has 1 aliphatic rings. The summed E-state index contributed by atoms with van der Waals surface area (Å²) in [7, 11) is 0. The summed E-state index contributed by atoms with van der Waals surface area (Å²) >= 11 is 0. The van der Waals surface area contributed by atoms with Gasteiger partial charge in [0.1, 0.15) is 11.6 Å². The van der Waals surface area contributed by atoms with E-state index in [-0.39, 0.29) is 17.0 Å². The van der Waals surface area contributed by atoms with E-state index in [1.165, 1.54) is 11.3 Å². The third-order valence-corrected chi connectivity index (χ3v) is 6.52. The topological polar surface area (TPSA) is 56.1 Å². The zero-order valence-corrected chi connectivity index (χ0v) is 19.8. The van der Waals surface area contributed by atoms with E-state index in [2.05, 4.69) is 56.1 Å². The third-order valence-electron chi connectivity index (χ3n) is 6.52. The van der Waals surface area contributed by atoms with Crippen LogP contribution < -0.4 is 10.2 Å². The Morgan fingerprint density at radius 1 is 1.19 bits per heavy atom. The average Bonchev–Trinajstić information content (AvgIpc) is 2.69. The molecular formula is C27H33N3O. The highest BCUT2D eigenvalue weighted by molar-refractivity contribution is 6.09. The molecule has 1 heterocycles. The number of amides is 1. The molecule has 0 radical (unpaired) electrons. The largest absolute Gasteiger partial charge is 0.366 e. The highest BCUT2D eigenvalue weighted by Gasteiger charge is 2.35. The van der Waals surface area contributed by atoms with Crippen LogP contribution in [0.25, 0.3) is 6.08 Å². The van der Waals surface area contributed by atoms with Gasteiger partial charge in [0.15, 0.2) is 0 Å². The van der Waals surface area contributed by atoms with Crippen LogP contribution in [0.1, 0.15) is 67.9 Å². The molecular weight excluding hydrogens is 382 g/mol. The summed E-state index contributed by atoms with van der Waals surface area (Å²) < 4.78 is 0. The second-order valence-electron chi connectivity index (χ2n) is 9.35. The number of hydrogen-bond acceptors (Lipinski definition) is 3. The first kappa shape index (κ1) is 22.6. The van der Waals surface area contributed by atoms with E-state index in [0.29, 0.717) is 11.6 Å². The van der Waals surface area contributed by atoms with Crippen molar-refractivity contribution in [2.45, 2.75) is 66.3 Å². The third kappa shape index (κ3) is 4.51. The Morgan fingerprint density at radius 3 is 2.52 bits per heavy atom. The maximum atomic E-state index is 12.8. The molecule has 0 spiro atoms. The first-order valence-electron chi connectivity index (χ1n) is 11.0. The minimum Gasteiger partial charge on any atom is -0.366 e. The van der Waals surface area contributed by atoms with Crippen molar-refractivity contribution in [2.24, 2.45) is 0 Å². The molecule has 162 valence electrons. The van der Waals surface area contributed by atoms with E-state index < -0.39 is 0 Å². The van der Waals surface area contributed by atoms with Crippen molar-refractivity contribution in [3.63, 3.8) is 0 Å². The number of fused-ring (bicyclic) bond motifs is 1. The molecule has 3 rings (SSSR count). The highest BCUT2D eigenvalue weighted by atomic mass is 16.1. The lowest BCUT2D eigenvalue weighted by Crippen LogP contribution is -2.48. The predicted octanol–water partition coefficient (Wildman–Crippen LogP) is 6.27. The van der Waals surface area contributed by atoms with Crippen molar-refractivity contribution in [1.82, 2.24) is 0 Å². The van der Waals surface area contributed by atoms with E-state index in [0.717, 1.165) is 35.2 Å². The van der Waals surface area contributed by atoms with Crippen LogP contribution in [0.15, 0.2) is 35.9 Å². The van der Waals surface area contributed by atoms with Crippen LogP contribution in [-0.4, -0.2) is 18.0 Å². The van der Waals surface area contributed by atoms with Gasteiger partial charge in [-0.15, -0.1) is 0 Å². The van der Waals surface area contributed by atoms with E-state index in [1.807, 2.05) is 39.0 Å². The molecule has 2 aromatic rings. The molecule has 1 N–H and O–H groups in total. The number of benzene rings is 2. The summed E-state index contributed by atoms with van der Waals surface area (Å²) in [6, 6.07) is 12.2. The maximum Gasteiger partial charge on any atom is 0.266 e. The first-order valence-corrected chi connectivity index (χ1v) is 11.0. The van der Waals surface area contributed by atoms with Crippen LogP contribution in [0.5, 0.6) is 0 Å². The molecule has 0 unspecified atom stereocenters. The Hall–Kier alpha value is -3.06. The lowest BCUT2D eigenvalue weighted by molar-refractivity contribution is -0.112. The van der Waals surface area contributed by atoms with Crippen LogP contribution in [0.2, 0.25) is 0 Å². The molecule has 31 heavy (non-hydrogen) atoms. The number of hydrogen-bond donors (Lipinski definition) is 1. The highest BCUT2D eigenvalue weighted by Crippen LogP contribution is 2.44. The van der Waals surface area contributed by atoms with E-state index in [9.17, 15) is 10.1 Å². The second kappa shape index (κ2) is 8.59. The number of nitrogens with zero attached hydrogens (tertiary/aromatic N) is 2. The number of aryl methyl sites for hydroxylation is 3. The normalized spacial score (nSPS) is 17.7. The van der Waals surface area contributed by atoms with Gasteiger partial charge in [-0.2, -0.15) is 5.26 Å². The number of nitrogens with one attached hydrogen (secondary N) is 1. The van der Waals surface area contributed by atoms with Gasteiger partial charge in [-0.25, -0.2) is 0 Å². The van der Waals surface area contributed by atoms with Crippen molar-refractivity contribution < 1.29 is 4.79 Å². The monoisotopic (exact) mass is 415 g/mol. The molecule has 0 bridgehead atoms. The fourth-order valence-electron chi connectivity index (χ4n) is 4.73. The number of anilines is 2. The fourth-order valence-corrected chi connectivity index (χ4v) is 4.73. The van der Waals surface area contributed by atoms with Gasteiger partial charge in [-0.3, -0.25) is 4.79 Å². The van der Waals surface area contributed by atoms with E-state index in [4.69, 9.17) is 0 Å². The Balaban J connectivity index is 1.96. The van der Waals surface area contributed by atoms with Crippen molar-refractivity contribution in [3.8, 4) is 6.07 Å². The van der Waals surface area contributed by atoms with Crippen LogP contribution >= 0.6 is 0 Å². The summed E-state index contributed by atoms with van der Waals surface area (Å²) in [6.07, 6.45) is 2.78. The standard InChI is InChI=1S/C27H33N3O/c1-8-30-25-12-19(4)21(14-24(25)20(5)15-27(30,6)7)13-22(16-28)26(31)29-23-10-9-17(2)18(3)11-23/h9-14,20H,8,15H2,1-7H3,(H,29,31)/b22-13-/t20-/m1/s1.